The van der Waals surface area contributed by atoms with Crippen LogP contribution in [0.25, 0.3) is 0 Å². The summed E-state index contributed by atoms with van der Waals surface area (Å²) in [6.07, 6.45) is -0.665. The summed E-state index contributed by atoms with van der Waals surface area (Å²) in [5.41, 5.74) is -1.87. The molecular formula is C21H26O8. The Kier molecular flexibility index (Phi) is 7.13. The Balaban J connectivity index is 2.69. The fourth-order valence-electron chi connectivity index (χ4n) is 3.81. The van der Waals surface area contributed by atoms with Crippen LogP contribution in [-0.2, 0) is 28.7 Å². The lowest BCUT2D eigenvalue weighted by Crippen LogP contribution is -2.59. The molecule has 0 aliphatic heterocycles. The van der Waals surface area contributed by atoms with E-state index in [9.17, 15) is 24.3 Å². The van der Waals surface area contributed by atoms with Crippen LogP contribution in [0.15, 0.2) is 24.3 Å². The van der Waals surface area contributed by atoms with Crippen LogP contribution in [-0.4, -0.2) is 54.5 Å². The third kappa shape index (κ3) is 4.32. The first-order valence-electron chi connectivity index (χ1n) is 9.44. The van der Waals surface area contributed by atoms with Crippen molar-refractivity contribution in [3.63, 3.8) is 0 Å². The minimum Gasteiger partial charge on any atom is -0.497 e. The number of methoxy groups -OCH3 is 1. The molecule has 29 heavy (non-hydrogen) atoms. The van der Waals surface area contributed by atoms with Crippen LogP contribution in [0.2, 0.25) is 0 Å². The number of carbonyl (C=O) groups excluding carboxylic acids is 4. The van der Waals surface area contributed by atoms with E-state index in [4.69, 9.17) is 14.2 Å². The van der Waals surface area contributed by atoms with Crippen molar-refractivity contribution in [3.05, 3.63) is 29.8 Å². The molecule has 0 amide bonds. The predicted molar refractivity (Wildman–Crippen MR) is 101 cm³/mol. The maximum Gasteiger partial charge on any atom is 0.317 e. The molecule has 2 rings (SSSR count). The van der Waals surface area contributed by atoms with Gasteiger partial charge in [0.2, 0.25) is 0 Å². The van der Waals surface area contributed by atoms with E-state index in [2.05, 4.69) is 0 Å². The zero-order valence-corrected chi connectivity index (χ0v) is 17.0. The summed E-state index contributed by atoms with van der Waals surface area (Å²) in [6, 6.07) is 6.37. The van der Waals surface area contributed by atoms with Gasteiger partial charge in [0.25, 0.3) is 0 Å². The lowest BCUT2D eigenvalue weighted by Gasteiger charge is -2.44. The number of ether oxygens (including phenoxy) is 3. The van der Waals surface area contributed by atoms with Crippen LogP contribution >= 0.6 is 0 Å². The molecular weight excluding hydrogens is 380 g/mol. The minimum absolute atomic E-state index is 0.0106. The van der Waals surface area contributed by atoms with E-state index in [1.807, 2.05) is 0 Å². The summed E-state index contributed by atoms with van der Waals surface area (Å²) in [6.45, 7) is 4.34. The second-order valence-corrected chi connectivity index (χ2v) is 6.88. The lowest BCUT2D eigenvalue weighted by molar-refractivity contribution is -0.179. The highest BCUT2D eigenvalue weighted by Crippen LogP contribution is 2.47. The molecule has 1 aromatic rings. The van der Waals surface area contributed by atoms with Crippen molar-refractivity contribution < 1.29 is 38.5 Å². The van der Waals surface area contributed by atoms with Crippen molar-refractivity contribution in [2.75, 3.05) is 20.3 Å². The molecule has 1 aromatic carbocycles. The molecule has 1 fully saturated rings. The molecule has 4 unspecified atom stereocenters. The summed E-state index contributed by atoms with van der Waals surface area (Å²) >= 11 is 0. The highest BCUT2D eigenvalue weighted by Gasteiger charge is 2.61. The van der Waals surface area contributed by atoms with Gasteiger partial charge in [-0.25, -0.2) is 0 Å². The van der Waals surface area contributed by atoms with E-state index >= 15 is 0 Å². The molecule has 8 nitrogen and oxygen atoms in total. The van der Waals surface area contributed by atoms with Crippen LogP contribution in [0.5, 0.6) is 5.75 Å². The van der Waals surface area contributed by atoms with Gasteiger partial charge in [0.1, 0.15) is 23.2 Å². The topological polar surface area (TPSA) is 116 Å². The lowest BCUT2D eigenvalue weighted by atomic mass is 9.60. The van der Waals surface area contributed by atoms with Crippen LogP contribution < -0.4 is 4.74 Å². The summed E-state index contributed by atoms with van der Waals surface area (Å²) in [5, 5.41) is 11.1. The first kappa shape index (κ1) is 22.5. The standard InChI is InChI=1S/C21H26O8/c1-5-28-19(24)17-15(23)11-21(26,12(3)22)18(20(25)29-6-2)16(17)13-7-9-14(27-4)10-8-13/h7-10,16-18,26H,5-6,11H2,1-4H3. The molecule has 1 N–H and O–H groups in total. The minimum atomic E-state index is -2.28. The third-order valence-corrected chi connectivity index (χ3v) is 5.21. The van der Waals surface area contributed by atoms with Gasteiger partial charge in [-0.05, 0) is 38.5 Å². The number of esters is 2. The second-order valence-electron chi connectivity index (χ2n) is 6.88. The van der Waals surface area contributed by atoms with Crippen molar-refractivity contribution >= 4 is 23.5 Å². The van der Waals surface area contributed by atoms with E-state index in [0.29, 0.717) is 11.3 Å². The van der Waals surface area contributed by atoms with Crippen molar-refractivity contribution in [1.29, 1.82) is 0 Å². The van der Waals surface area contributed by atoms with Crippen LogP contribution in [0.3, 0.4) is 0 Å². The number of hydrogen-bond donors (Lipinski definition) is 1. The fraction of sp³-hybridized carbons (Fsp3) is 0.524. The van der Waals surface area contributed by atoms with Crippen molar-refractivity contribution in [2.45, 2.75) is 38.7 Å². The Hall–Kier alpha value is -2.74. The molecule has 0 saturated heterocycles. The number of Topliss-reactive ketones (excluding diaryl/α,β-unsaturated/α-hetero) is 2. The predicted octanol–water partition coefficient (Wildman–Crippen LogP) is 1.43. The van der Waals surface area contributed by atoms with E-state index in [-0.39, 0.29) is 13.2 Å². The Morgan fingerprint density at radius 1 is 1.07 bits per heavy atom. The normalized spacial score (nSPS) is 26.5. The van der Waals surface area contributed by atoms with Crippen LogP contribution in [0, 0.1) is 11.8 Å². The van der Waals surface area contributed by atoms with Gasteiger partial charge in [-0.3, -0.25) is 19.2 Å². The van der Waals surface area contributed by atoms with E-state index < -0.39 is 53.3 Å². The molecule has 8 heteroatoms. The van der Waals surface area contributed by atoms with Crippen LogP contribution in [0.1, 0.15) is 38.7 Å². The Bertz CT molecular complexity index is 784. The first-order chi connectivity index (χ1) is 13.7. The molecule has 0 bridgehead atoms. The quantitative estimate of drug-likeness (QED) is 0.534. The number of rotatable bonds is 7. The smallest absolute Gasteiger partial charge is 0.317 e. The largest absolute Gasteiger partial charge is 0.497 e. The van der Waals surface area contributed by atoms with E-state index in [0.717, 1.165) is 6.92 Å². The average molecular weight is 406 g/mol. The van der Waals surface area contributed by atoms with Gasteiger partial charge in [0.15, 0.2) is 11.6 Å². The summed E-state index contributed by atoms with van der Waals surface area (Å²) in [4.78, 5) is 50.7. The molecule has 0 radical (unpaired) electrons. The van der Waals surface area contributed by atoms with Gasteiger partial charge in [0, 0.05) is 12.3 Å². The maximum absolute atomic E-state index is 12.9. The van der Waals surface area contributed by atoms with Gasteiger partial charge in [-0.1, -0.05) is 12.1 Å². The molecule has 1 aliphatic carbocycles. The van der Waals surface area contributed by atoms with Crippen molar-refractivity contribution in [1.82, 2.24) is 0 Å². The number of benzene rings is 1. The molecule has 4 atom stereocenters. The maximum atomic E-state index is 12.9. The summed E-state index contributed by atoms with van der Waals surface area (Å²) < 4.78 is 15.3. The SMILES string of the molecule is CCOC(=O)C1C(=O)CC(O)(C(C)=O)C(C(=O)OCC)C1c1ccc(OC)cc1. The van der Waals surface area contributed by atoms with Gasteiger partial charge in [0.05, 0.1) is 20.3 Å². The molecule has 158 valence electrons. The monoisotopic (exact) mass is 406 g/mol. The molecule has 1 saturated carbocycles. The van der Waals surface area contributed by atoms with Crippen molar-refractivity contribution in [3.8, 4) is 5.75 Å². The third-order valence-electron chi connectivity index (χ3n) is 5.21. The second kappa shape index (κ2) is 9.17. The summed E-state index contributed by atoms with van der Waals surface area (Å²) in [7, 11) is 1.48. The average Bonchev–Trinajstić information content (AvgIpc) is 2.67. The number of ketones is 2. The Morgan fingerprint density at radius 3 is 2.10 bits per heavy atom. The van der Waals surface area contributed by atoms with Crippen LogP contribution in [0.4, 0.5) is 0 Å². The van der Waals surface area contributed by atoms with E-state index in [1.165, 1.54) is 7.11 Å². The first-order valence-corrected chi connectivity index (χ1v) is 9.44. The Morgan fingerprint density at radius 2 is 1.62 bits per heavy atom. The number of aliphatic hydroxyl groups is 1. The number of hydrogen-bond acceptors (Lipinski definition) is 8. The highest BCUT2D eigenvalue weighted by molar-refractivity contribution is 6.07. The summed E-state index contributed by atoms with van der Waals surface area (Å²) in [5.74, 6) is -6.47. The highest BCUT2D eigenvalue weighted by atomic mass is 16.5. The molecule has 1 aliphatic rings. The molecule has 0 heterocycles. The zero-order valence-electron chi connectivity index (χ0n) is 17.0. The molecule has 0 spiro atoms. The van der Waals surface area contributed by atoms with E-state index in [1.54, 1.807) is 38.1 Å². The fourth-order valence-corrected chi connectivity index (χ4v) is 3.81. The van der Waals surface area contributed by atoms with Gasteiger partial charge in [-0.2, -0.15) is 0 Å². The van der Waals surface area contributed by atoms with Crippen molar-refractivity contribution in [2.24, 2.45) is 11.8 Å². The van der Waals surface area contributed by atoms with Gasteiger partial charge in [-0.15, -0.1) is 0 Å². The zero-order chi connectivity index (χ0) is 21.8. The number of carbonyl (C=O) groups is 4. The van der Waals surface area contributed by atoms with Gasteiger partial charge < -0.3 is 19.3 Å². The Labute approximate surface area is 169 Å². The van der Waals surface area contributed by atoms with Gasteiger partial charge >= 0.3 is 11.9 Å². The molecule has 0 aromatic heterocycles.